The zero-order valence-corrected chi connectivity index (χ0v) is 16.1. The van der Waals surface area contributed by atoms with Gasteiger partial charge in [0.15, 0.2) is 5.82 Å². The Balaban J connectivity index is 1.91. The zero-order chi connectivity index (χ0) is 19.6. The first-order valence-corrected chi connectivity index (χ1v) is 10.6. The number of benzene rings is 1. The van der Waals surface area contributed by atoms with E-state index in [1.807, 2.05) is 6.92 Å². The number of aromatic amines is 2. The molecule has 144 valence electrons. The van der Waals surface area contributed by atoms with Crippen molar-refractivity contribution in [3.8, 4) is 11.3 Å². The van der Waals surface area contributed by atoms with Gasteiger partial charge in [0.1, 0.15) is 5.52 Å². The quantitative estimate of drug-likeness (QED) is 0.537. The van der Waals surface area contributed by atoms with Crippen LogP contribution in [-0.2, 0) is 23.0 Å². The number of nitrogens with zero attached hydrogens (tertiary/aromatic N) is 4. The van der Waals surface area contributed by atoms with Crippen molar-refractivity contribution in [2.45, 2.75) is 19.9 Å². The number of aromatic nitrogens is 5. The molecule has 0 amide bonds. The molecule has 28 heavy (non-hydrogen) atoms. The second kappa shape index (κ2) is 5.82. The maximum Gasteiger partial charge on any atom is 0.211 e. The maximum atomic E-state index is 14.9. The lowest BCUT2D eigenvalue weighted by molar-refractivity contribution is 0.396. The van der Waals surface area contributed by atoms with Crippen LogP contribution in [0.25, 0.3) is 33.1 Å². The van der Waals surface area contributed by atoms with Crippen LogP contribution in [0.15, 0.2) is 18.5 Å². The number of hydrogen-bond acceptors (Lipinski definition) is 5. The molecule has 10 heteroatoms. The summed E-state index contributed by atoms with van der Waals surface area (Å²) < 4.78 is 40.7. The van der Waals surface area contributed by atoms with Crippen LogP contribution in [0.3, 0.4) is 0 Å². The third-order valence-corrected chi connectivity index (χ3v) is 6.60. The normalized spacial score (nSPS) is 15.4. The molecule has 0 spiro atoms. The van der Waals surface area contributed by atoms with E-state index >= 15 is 0 Å². The molecule has 3 aromatic heterocycles. The minimum Gasteiger partial charge on any atom is -0.282 e. The summed E-state index contributed by atoms with van der Waals surface area (Å²) in [5, 5.41) is 15.2. The third kappa shape index (κ3) is 2.45. The number of aryl methyl sites for hydroxylation is 1. The minimum atomic E-state index is -3.37. The van der Waals surface area contributed by atoms with Crippen LogP contribution < -0.4 is 0 Å². The van der Waals surface area contributed by atoms with E-state index in [-0.39, 0.29) is 12.1 Å². The third-order valence-electron chi connectivity index (χ3n) is 5.35. The molecular weight excluding hydrogens is 383 g/mol. The maximum absolute atomic E-state index is 14.9. The molecule has 0 radical (unpaired) electrons. The second-order valence-electron chi connectivity index (χ2n) is 7.09. The van der Waals surface area contributed by atoms with E-state index in [9.17, 15) is 12.8 Å². The summed E-state index contributed by atoms with van der Waals surface area (Å²) in [4.78, 5) is 4.64. The van der Waals surface area contributed by atoms with E-state index in [2.05, 4.69) is 25.4 Å². The molecule has 0 aliphatic carbocycles. The average molecular weight is 400 g/mol. The van der Waals surface area contributed by atoms with Crippen molar-refractivity contribution in [2.75, 3.05) is 12.8 Å². The molecule has 1 aliphatic heterocycles. The fraction of sp³-hybridized carbons (Fsp3) is 0.278. The average Bonchev–Trinajstić information content (AvgIpc) is 3.28. The fourth-order valence-corrected chi connectivity index (χ4v) is 4.76. The minimum absolute atomic E-state index is 0.187. The Morgan fingerprint density at radius 2 is 1.96 bits per heavy atom. The Labute approximate surface area is 159 Å². The first-order chi connectivity index (χ1) is 13.3. The number of pyridine rings is 1. The Hall–Kier alpha value is -2.85. The van der Waals surface area contributed by atoms with Gasteiger partial charge in [0.2, 0.25) is 10.0 Å². The number of sulfonamides is 1. The van der Waals surface area contributed by atoms with Crippen molar-refractivity contribution in [1.82, 2.24) is 29.7 Å². The van der Waals surface area contributed by atoms with Crippen LogP contribution >= 0.6 is 0 Å². The number of nitrogens with one attached hydrogen (secondary N) is 2. The van der Waals surface area contributed by atoms with Crippen LogP contribution in [-0.4, -0.2) is 50.9 Å². The van der Waals surface area contributed by atoms with Gasteiger partial charge >= 0.3 is 0 Å². The van der Waals surface area contributed by atoms with Gasteiger partial charge in [-0.25, -0.2) is 17.8 Å². The molecule has 4 aromatic rings. The van der Waals surface area contributed by atoms with Crippen LogP contribution in [0, 0.1) is 12.7 Å². The van der Waals surface area contributed by atoms with E-state index < -0.39 is 15.8 Å². The SMILES string of the molecule is Cc1[nH]ncc1-c1nc2c(F)cc3[nH]ncc3c2c2c1CN(S(C)(=O)=O)CC2. The van der Waals surface area contributed by atoms with Gasteiger partial charge in [-0.05, 0) is 24.5 Å². The highest BCUT2D eigenvalue weighted by Gasteiger charge is 2.30. The van der Waals surface area contributed by atoms with Gasteiger partial charge in [0.25, 0.3) is 0 Å². The molecule has 4 heterocycles. The van der Waals surface area contributed by atoms with E-state index in [0.29, 0.717) is 29.6 Å². The smallest absolute Gasteiger partial charge is 0.211 e. The molecule has 0 saturated heterocycles. The molecule has 5 rings (SSSR count). The summed E-state index contributed by atoms with van der Waals surface area (Å²) in [6, 6.07) is 1.39. The van der Waals surface area contributed by atoms with Gasteiger partial charge in [0.05, 0.1) is 29.9 Å². The lowest BCUT2D eigenvalue weighted by Crippen LogP contribution is -2.35. The summed E-state index contributed by atoms with van der Waals surface area (Å²) >= 11 is 0. The van der Waals surface area contributed by atoms with Crippen LogP contribution in [0.5, 0.6) is 0 Å². The molecule has 0 bridgehead atoms. The van der Waals surface area contributed by atoms with E-state index in [4.69, 9.17) is 0 Å². The van der Waals surface area contributed by atoms with Crippen molar-refractivity contribution in [3.05, 3.63) is 41.1 Å². The van der Waals surface area contributed by atoms with E-state index in [1.54, 1.807) is 12.4 Å². The van der Waals surface area contributed by atoms with Gasteiger partial charge in [-0.3, -0.25) is 10.2 Å². The van der Waals surface area contributed by atoms with Gasteiger partial charge in [-0.2, -0.15) is 14.5 Å². The first-order valence-electron chi connectivity index (χ1n) is 8.77. The van der Waals surface area contributed by atoms with Gasteiger partial charge < -0.3 is 0 Å². The van der Waals surface area contributed by atoms with Crippen molar-refractivity contribution < 1.29 is 12.8 Å². The highest BCUT2D eigenvalue weighted by atomic mass is 32.2. The van der Waals surface area contributed by atoms with Crippen LogP contribution in [0.2, 0.25) is 0 Å². The lowest BCUT2D eigenvalue weighted by Gasteiger charge is -2.29. The van der Waals surface area contributed by atoms with Crippen LogP contribution in [0.1, 0.15) is 16.8 Å². The molecule has 0 saturated carbocycles. The molecular formula is C18H17FN6O2S. The summed E-state index contributed by atoms with van der Waals surface area (Å²) in [5.74, 6) is -0.442. The van der Waals surface area contributed by atoms with E-state index in [1.165, 1.54) is 16.6 Å². The Bertz CT molecular complexity index is 1360. The summed E-state index contributed by atoms with van der Waals surface area (Å²) in [7, 11) is -3.37. The standard InChI is InChI=1S/C18H17FN6O2S/c1-9-11(6-20-23-9)17-13-8-25(28(2,26)27)4-3-10(13)16-12-7-21-24-15(12)5-14(19)18(16)22-17/h5-7H,3-4,8H2,1-2H3,(H,20,23)(H,21,24). The highest BCUT2D eigenvalue weighted by Crippen LogP contribution is 2.38. The Kier molecular flexibility index (Phi) is 3.59. The molecule has 0 unspecified atom stereocenters. The van der Waals surface area contributed by atoms with Gasteiger partial charge in [-0.1, -0.05) is 0 Å². The molecule has 1 aliphatic rings. The summed E-state index contributed by atoms with van der Waals surface area (Å²) in [6.07, 6.45) is 4.96. The largest absolute Gasteiger partial charge is 0.282 e. The number of rotatable bonds is 2. The second-order valence-corrected chi connectivity index (χ2v) is 9.07. The van der Waals surface area contributed by atoms with E-state index in [0.717, 1.165) is 27.8 Å². The Morgan fingerprint density at radius 1 is 1.18 bits per heavy atom. The molecule has 1 aromatic carbocycles. The van der Waals surface area contributed by atoms with Crippen molar-refractivity contribution in [2.24, 2.45) is 0 Å². The number of hydrogen-bond donors (Lipinski definition) is 2. The van der Waals surface area contributed by atoms with Crippen molar-refractivity contribution >= 4 is 31.8 Å². The number of halogens is 1. The lowest BCUT2D eigenvalue weighted by atomic mass is 9.91. The summed E-state index contributed by atoms with van der Waals surface area (Å²) in [6.45, 7) is 2.38. The Morgan fingerprint density at radius 3 is 2.68 bits per heavy atom. The number of H-pyrrole nitrogens is 2. The zero-order valence-electron chi connectivity index (χ0n) is 15.2. The molecule has 0 atom stereocenters. The van der Waals surface area contributed by atoms with Gasteiger partial charge in [0, 0.05) is 41.2 Å². The van der Waals surface area contributed by atoms with Crippen LogP contribution in [0.4, 0.5) is 4.39 Å². The fourth-order valence-electron chi connectivity index (χ4n) is 3.97. The predicted octanol–water partition coefficient (Wildman–Crippen LogP) is 2.27. The summed E-state index contributed by atoms with van der Waals surface area (Å²) in [5.41, 5.74) is 4.62. The molecule has 0 fully saturated rings. The number of fused-ring (bicyclic) bond motifs is 5. The predicted molar refractivity (Wildman–Crippen MR) is 103 cm³/mol. The van der Waals surface area contributed by atoms with Crippen molar-refractivity contribution in [1.29, 1.82) is 0 Å². The monoisotopic (exact) mass is 400 g/mol. The topological polar surface area (TPSA) is 108 Å². The molecule has 8 nitrogen and oxygen atoms in total. The van der Waals surface area contributed by atoms with Gasteiger partial charge in [-0.15, -0.1) is 0 Å². The molecule has 2 N–H and O–H groups in total. The first kappa shape index (κ1) is 17.3. The van der Waals surface area contributed by atoms with Crippen molar-refractivity contribution in [3.63, 3.8) is 0 Å². The highest BCUT2D eigenvalue weighted by molar-refractivity contribution is 7.88.